The highest BCUT2D eigenvalue weighted by Gasteiger charge is 1.96. The molecule has 0 bridgehead atoms. The summed E-state index contributed by atoms with van der Waals surface area (Å²) in [5, 5.41) is 15.4. The van der Waals surface area contributed by atoms with Gasteiger partial charge in [-0.3, -0.25) is 4.79 Å². The second kappa shape index (κ2) is 29.6. The minimum atomic E-state index is -0.742. The minimum absolute atomic E-state index is 0.212. The molecule has 4 N–H and O–H groups in total. The van der Waals surface area contributed by atoms with Crippen LogP contribution < -0.4 is 5.73 Å². The molecule has 0 unspecified atom stereocenters. The lowest BCUT2D eigenvalue weighted by Crippen LogP contribution is -1.96. The largest absolute Gasteiger partial charge is 0.481 e. The molecule has 0 saturated carbocycles. The fourth-order valence-electron chi connectivity index (χ4n) is 0.896. The fourth-order valence-corrected chi connectivity index (χ4v) is 0.896. The zero-order valence-electron chi connectivity index (χ0n) is 11.5. The van der Waals surface area contributed by atoms with Crippen molar-refractivity contribution in [1.82, 2.24) is 0 Å². The van der Waals surface area contributed by atoms with Gasteiger partial charge >= 0.3 is 5.97 Å². The monoisotopic (exact) mass is 265 g/mol. The van der Waals surface area contributed by atoms with Gasteiger partial charge in [-0.05, 0) is 19.0 Å². The molecule has 0 spiro atoms. The first-order valence-corrected chi connectivity index (χ1v) is 5.24. The van der Waals surface area contributed by atoms with Crippen molar-refractivity contribution in [2.24, 2.45) is 5.73 Å². The summed E-state index contributed by atoms with van der Waals surface area (Å²) in [5.74, 6) is -0.742. The van der Waals surface area contributed by atoms with Crippen LogP contribution in [0, 0.1) is 25.7 Å². The summed E-state index contributed by atoms with van der Waals surface area (Å²) in [5.41, 5.74) is 5.58. The van der Waals surface area contributed by atoms with E-state index in [0.29, 0.717) is 6.42 Å². The highest BCUT2D eigenvalue weighted by molar-refractivity contribution is 5.67. The molecule has 0 aliphatic heterocycles. The number of aliphatic hydroxyl groups excluding tert-OH is 1. The molecule has 1 rings (SSSR count). The van der Waals surface area contributed by atoms with Gasteiger partial charge in [-0.25, -0.2) is 0 Å². The van der Waals surface area contributed by atoms with Gasteiger partial charge in [0.1, 0.15) is 0 Å². The summed E-state index contributed by atoms with van der Waals surface area (Å²) >= 11 is 0. The molecule has 0 saturated heterocycles. The second-order valence-corrected chi connectivity index (χ2v) is 2.38. The first-order chi connectivity index (χ1) is 9.29. The molecule has 0 aliphatic carbocycles. The Bertz CT molecular complexity index is 299. The third-order valence-corrected chi connectivity index (χ3v) is 1.47. The van der Waals surface area contributed by atoms with E-state index < -0.39 is 5.97 Å². The smallest absolute Gasteiger partial charge is 0.303 e. The summed E-state index contributed by atoms with van der Waals surface area (Å²) in [4.78, 5) is 10.2. The van der Waals surface area contributed by atoms with E-state index in [1.807, 2.05) is 30.3 Å². The molecule has 0 radical (unpaired) electrons. The van der Waals surface area contributed by atoms with E-state index in [-0.39, 0.29) is 6.42 Å². The number of hydrogen-bond donors (Lipinski definition) is 3. The highest BCUT2D eigenvalue weighted by Crippen LogP contribution is 2.01. The van der Waals surface area contributed by atoms with Crippen LogP contribution in [0.5, 0.6) is 0 Å². The Morgan fingerprint density at radius 3 is 1.74 bits per heavy atom. The van der Waals surface area contributed by atoms with Crippen LogP contribution in [-0.4, -0.2) is 30.3 Å². The Balaban J connectivity index is -0.000000121. The number of carboxylic acids is 1. The second-order valence-electron chi connectivity index (χ2n) is 2.38. The standard InChI is InChI=1S/C9H10O2.2C2H2.CH5N.CH4O/c10-9(11)7-6-8-4-2-1-3-5-8;4*1-2/h1-5H,6-7H2,(H,10,11);2*1-2H;2H2,1H3;2H,1H3. The number of terminal acetylenes is 2. The number of benzene rings is 1. The Hall–Kier alpha value is -2.27. The van der Waals surface area contributed by atoms with Gasteiger partial charge in [0.05, 0.1) is 0 Å². The van der Waals surface area contributed by atoms with Crippen molar-refractivity contribution < 1.29 is 15.0 Å². The SMILES string of the molecule is C#C.C#C.CN.CO.O=C(O)CCc1ccccc1. The van der Waals surface area contributed by atoms with Gasteiger partial charge in [0.15, 0.2) is 0 Å². The normalized spacial score (nSPS) is 6.32. The minimum Gasteiger partial charge on any atom is -0.481 e. The maximum atomic E-state index is 10.2. The molecule has 0 heterocycles. The van der Waals surface area contributed by atoms with Crippen molar-refractivity contribution >= 4 is 5.97 Å². The van der Waals surface area contributed by atoms with Crippen LogP contribution in [0.25, 0.3) is 0 Å². The van der Waals surface area contributed by atoms with Crippen LogP contribution in [0.15, 0.2) is 30.3 Å². The van der Waals surface area contributed by atoms with E-state index in [0.717, 1.165) is 12.7 Å². The van der Waals surface area contributed by atoms with Crippen LogP contribution >= 0.6 is 0 Å². The molecule has 4 heteroatoms. The van der Waals surface area contributed by atoms with E-state index in [1.165, 1.54) is 7.05 Å². The van der Waals surface area contributed by atoms with E-state index in [9.17, 15) is 4.79 Å². The topological polar surface area (TPSA) is 83.5 Å². The number of aryl methyl sites for hydroxylation is 1. The van der Waals surface area contributed by atoms with Crippen LogP contribution in [0.3, 0.4) is 0 Å². The maximum Gasteiger partial charge on any atom is 0.303 e. The lowest BCUT2D eigenvalue weighted by molar-refractivity contribution is -0.136. The van der Waals surface area contributed by atoms with Crippen molar-refractivity contribution in [2.75, 3.05) is 14.2 Å². The lowest BCUT2D eigenvalue weighted by atomic mass is 10.1. The number of hydrogen-bond acceptors (Lipinski definition) is 3. The molecule has 19 heavy (non-hydrogen) atoms. The van der Waals surface area contributed by atoms with Crippen LogP contribution in [-0.2, 0) is 11.2 Å². The van der Waals surface area contributed by atoms with Gasteiger partial charge in [-0.2, -0.15) is 0 Å². The number of carbonyl (C=O) groups is 1. The molecule has 0 aliphatic rings. The van der Waals surface area contributed by atoms with Gasteiger partial charge < -0.3 is 15.9 Å². The summed E-state index contributed by atoms with van der Waals surface area (Å²) in [6, 6.07) is 9.62. The van der Waals surface area contributed by atoms with Crippen molar-refractivity contribution in [3.63, 3.8) is 0 Å². The Kier molecular flexibility index (Phi) is 39.9. The van der Waals surface area contributed by atoms with Crippen LogP contribution in [0.2, 0.25) is 0 Å². The molecule has 0 aromatic heterocycles. The third kappa shape index (κ3) is 25.8. The van der Waals surface area contributed by atoms with Crippen molar-refractivity contribution in [3.05, 3.63) is 35.9 Å². The number of carboxylic acid groups (broad SMARTS) is 1. The van der Waals surface area contributed by atoms with Gasteiger partial charge in [0.2, 0.25) is 0 Å². The van der Waals surface area contributed by atoms with Crippen LogP contribution in [0.1, 0.15) is 12.0 Å². The van der Waals surface area contributed by atoms with Gasteiger partial charge in [-0.15, -0.1) is 25.7 Å². The summed E-state index contributed by atoms with van der Waals surface area (Å²) in [7, 11) is 2.50. The van der Waals surface area contributed by atoms with Crippen molar-refractivity contribution in [2.45, 2.75) is 12.8 Å². The maximum absolute atomic E-state index is 10.2. The number of aliphatic hydroxyl groups is 1. The quantitative estimate of drug-likeness (QED) is 0.721. The average molecular weight is 265 g/mol. The zero-order chi connectivity index (χ0) is 16.1. The Morgan fingerprint density at radius 1 is 1.05 bits per heavy atom. The molecule has 0 fully saturated rings. The molecular formula is C15H23NO3. The summed E-state index contributed by atoms with van der Waals surface area (Å²) in [6.07, 6.45) is 16.8. The van der Waals surface area contributed by atoms with Gasteiger partial charge in [0, 0.05) is 13.5 Å². The van der Waals surface area contributed by atoms with E-state index in [4.69, 9.17) is 10.2 Å². The van der Waals surface area contributed by atoms with Gasteiger partial charge in [-0.1, -0.05) is 30.3 Å². The lowest BCUT2D eigenvalue weighted by Gasteiger charge is -1.95. The molecule has 0 amide bonds. The average Bonchev–Trinajstić information content (AvgIpc) is 2.54. The van der Waals surface area contributed by atoms with Crippen molar-refractivity contribution in [1.29, 1.82) is 0 Å². The van der Waals surface area contributed by atoms with E-state index >= 15 is 0 Å². The molecular weight excluding hydrogens is 242 g/mol. The molecule has 106 valence electrons. The Morgan fingerprint density at radius 2 is 1.42 bits per heavy atom. The van der Waals surface area contributed by atoms with E-state index in [1.54, 1.807) is 0 Å². The first-order valence-electron chi connectivity index (χ1n) is 5.24. The Labute approximate surface area is 116 Å². The fraction of sp³-hybridized carbons (Fsp3) is 0.267. The van der Waals surface area contributed by atoms with Crippen LogP contribution in [0.4, 0.5) is 0 Å². The zero-order valence-corrected chi connectivity index (χ0v) is 11.5. The predicted octanol–water partition coefficient (Wildman–Crippen LogP) is 1.39. The van der Waals surface area contributed by atoms with E-state index in [2.05, 4.69) is 31.4 Å². The number of aliphatic carboxylic acids is 1. The summed E-state index contributed by atoms with van der Waals surface area (Å²) in [6.45, 7) is 0. The van der Waals surface area contributed by atoms with Gasteiger partial charge in [0.25, 0.3) is 0 Å². The summed E-state index contributed by atoms with van der Waals surface area (Å²) < 4.78 is 0. The first kappa shape index (κ1) is 25.5. The number of rotatable bonds is 3. The molecule has 1 aromatic carbocycles. The molecule has 0 atom stereocenters. The third-order valence-electron chi connectivity index (χ3n) is 1.47. The van der Waals surface area contributed by atoms with Crippen molar-refractivity contribution in [3.8, 4) is 25.7 Å². The predicted molar refractivity (Wildman–Crippen MR) is 80.4 cm³/mol. The molecule has 1 aromatic rings. The molecule has 4 nitrogen and oxygen atoms in total. The number of nitrogens with two attached hydrogens (primary N) is 1. The highest BCUT2D eigenvalue weighted by atomic mass is 16.4.